The number of hydrogen-bond acceptors (Lipinski definition) is 7. The van der Waals surface area contributed by atoms with Gasteiger partial charge in [0.1, 0.15) is 6.54 Å². The zero-order valence-corrected chi connectivity index (χ0v) is 18.0. The summed E-state index contributed by atoms with van der Waals surface area (Å²) in [6.45, 7) is 4.97. The van der Waals surface area contributed by atoms with Crippen molar-refractivity contribution in [2.24, 2.45) is 0 Å². The second-order valence-corrected chi connectivity index (χ2v) is 9.06. The zero-order valence-electron chi connectivity index (χ0n) is 17.2. The Kier molecular flexibility index (Phi) is 6.33. The number of sulfonamides is 1. The molecule has 0 spiro atoms. The second-order valence-electron chi connectivity index (χ2n) is 7.02. The van der Waals surface area contributed by atoms with E-state index in [0.29, 0.717) is 5.89 Å². The number of rotatable bonds is 7. The Morgan fingerprint density at radius 1 is 1.03 bits per heavy atom. The molecule has 1 aromatic heterocycles. The van der Waals surface area contributed by atoms with E-state index in [1.54, 1.807) is 19.1 Å². The van der Waals surface area contributed by atoms with Crippen LogP contribution in [0.5, 0.6) is 0 Å². The molecule has 0 aliphatic rings. The smallest absolute Gasteiger partial charge is 0.322 e. The molecular formula is C21H23N3O5S. The second kappa shape index (κ2) is 8.76. The highest BCUT2D eigenvalue weighted by Gasteiger charge is 2.25. The maximum atomic E-state index is 12.6. The first-order valence-corrected chi connectivity index (χ1v) is 10.7. The zero-order chi connectivity index (χ0) is 21.9. The average molecular weight is 429 g/mol. The predicted molar refractivity (Wildman–Crippen MR) is 110 cm³/mol. The Morgan fingerprint density at radius 2 is 1.60 bits per heavy atom. The van der Waals surface area contributed by atoms with Crippen LogP contribution in [-0.2, 0) is 19.6 Å². The van der Waals surface area contributed by atoms with E-state index < -0.39 is 28.6 Å². The van der Waals surface area contributed by atoms with Gasteiger partial charge in [0.15, 0.2) is 6.10 Å². The van der Waals surface area contributed by atoms with Crippen molar-refractivity contribution in [2.45, 2.75) is 31.8 Å². The fourth-order valence-electron chi connectivity index (χ4n) is 2.65. The van der Waals surface area contributed by atoms with Crippen LogP contribution in [0.4, 0.5) is 0 Å². The van der Waals surface area contributed by atoms with E-state index in [1.807, 2.05) is 38.1 Å². The molecule has 0 saturated carbocycles. The summed E-state index contributed by atoms with van der Waals surface area (Å²) in [6.07, 6.45) is -0.820. The summed E-state index contributed by atoms with van der Waals surface area (Å²) in [4.78, 5) is 12.4. The standard InChI is InChI=1S/C21H23N3O5S/c1-14-5-9-17(10-6-14)21-23-22-20(29-21)16(3)28-19(25)13-24(4)30(26,27)18-11-7-15(2)8-12-18/h5-12,16H,13H2,1-4H3. The van der Waals surface area contributed by atoms with Gasteiger partial charge in [-0.2, -0.15) is 4.31 Å². The van der Waals surface area contributed by atoms with Gasteiger partial charge in [0, 0.05) is 12.6 Å². The van der Waals surface area contributed by atoms with E-state index in [0.717, 1.165) is 21.0 Å². The number of likely N-dealkylation sites (N-methyl/N-ethyl adjacent to an activating group) is 1. The summed E-state index contributed by atoms with van der Waals surface area (Å²) in [6, 6.07) is 14.0. The number of esters is 1. The first-order valence-electron chi connectivity index (χ1n) is 9.30. The lowest BCUT2D eigenvalue weighted by molar-refractivity contribution is -0.149. The molecule has 3 aromatic rings. The number of ether oxygens (including phenoxy) is 1. The van der Waals surface area contributed by atoms with Crippen molar-refractivity contribution in [1.29, 1.82) is 0 Å². The molecule has 0 radical (unpaired) electrons. The van der Waals surface area contributed by atoms with Crippen LogP contribution < -0.4 is 0 Å². The van der Waals surface area contributed by atoms with Crippen molar-refractivity contribution in [3.05, 3.63) is 65.5 Å². The highest BCUT2D eigenvalue weighted by atomic mass is 32.2. The fraction of sp³-hybridized carbons (Fsp3) is 0.286. The number of carbonyl (C=O) groups is 1. The third-order valence-electron chi connectivity index (χ3n) is 4.48. The summed E-state index contributed by atoms with van der Waals surface area (Å²) < 4.78 is 37.0. The van der Waals surface area contributed by atoms with Crippen molar-refractivity contribution in [2.75, 3.05) is 13.6 Å². The molecule has 3 rings (SSSR count). The van der Waals surface area contributed by atoms with Gasteiger partial charge in [0.05, 0.1) is 4.90 Å². The van der Waals surface area contributed by atoms with Crippen LogP contribution in [-0.4, -0.2) is 42.5 Å². The van der Waals surface area contributed by atoms with Gasteiger partial charge in [-0.3, -0.25) is 4.79 Å². The lowest BCUT2D eigenvalue weighted by atomic mass is 10.1. The normalized spacial score (nSPS) is 12.7. The van der Waals surface area contributed by atoms with Crippen molar-refractivity contribution < 1.29 is 22.4 Å². The maximum absolute atomic E-state index is 12.6. The molecule has 2 aromatic carbocycles. The molecule has 0 aliphatic heterocycles. The highest BCUT2D eigenvalue weighted by Crippen LogP contribution is 2.23. The topological polar surface area (TPSA) is 103 Å². The Hall–Kier alpha value is -3.04. The molecule has 1 unspecified atom stereocenters. The van der Waals surface area contributed by atoms with Crippen LogP contribution in [0.1, 0.15) is 30.0 Å². The van der Waals surface area contributed by atoms with Crippen molar-refractivity contribution in [3.8, 4) is 11.5 Å². The first kappa shape index (κ1) is 21.7. The van der Waals surface area contributed by atoms with E-state index in [4.69, 9.17) is 9.15 Å². The quantitative estimate of drug-likeness (QED) is 0.531. The molecule has 0 fully saturated rings. The summed E-state index contributed by atoms with van der Waals surface area (Å²) in [5.74, 6) is -0.286. The van der Waals surface area contributed by atoms with E-state index in [1.165, 1.54) is 19.2 Å². The van der Waals surface area contributed by atoms with Crippen LogP contribution >= 0.6 is 0 Å². The van der Waals surface area contributed by atoms with E-state index in [-0.39, 0.29) is 10.8 Å². The van der Waals surface area contributed by atoms with Gasteiger partial charge < -0.3 is 9.15 Å². The lowest BCUT2D eigenvalue weighted by Gasteiger charge is -2.17. The Morgan fingerprint density at radius 3 is 2.20 bits per heavy atom. The monoisotopic (exact) mass is 429 g/mol. The minimum absolute atomic E-state index is 0.107. The number of benzene rings is 2. The van der Waals surface area contributed by atoms with Gasteiger partial charge >= 0.3 is 5.97 Å². The summed E-state index contributed by atoms with van der Waals surface area (Å²) >= 11 is 0. The van der Waals surface area contributed by atoms with Crippen LogP contribution in [0.15, 0.2) is 57.8 Å². The molecule has 8 nitrogen and oxygen atoms in total. The SMILES string of the molecule is Cc1ccc(-c2nnc(C(C)OC(=O)CN(C)S(=O)(=O)c3ccc(C)cc3)o2)cc1. The van der Waals surface area contributed by atoms with Gasteiger partial charge in [-0.1, -0.05) is 35.4 Å². The number of hydrogen-bond donors (Lipinski definition) is 0. The molecule has 1 atom stereocenters. The number of nitrogens with zero attached hydrogens (tertiary/aromatic N) is 3. The number of carbonyl (C=O) groups excluding carboxylic acids is 1. The van der Waals surface area contributed by atoms with Crippen LogP contribution in [0, 0.1) is 13.8 Å². The summed E-state index contributed by atoms with van der Waals surface area (Å²) in [5, 5.41) is 7.90. The molecule has 158 valence electrons. The highest BCUT2D eigenvalue weighted by molar-refractivity contribution is 7.89. The average Bonchev–Trinajstić information content (AvgIpc) is 3.19. The van der Waals surface area contributed by atoms with Gasteiger partial charge in [0.2, 0.25) is 15.9 Å². The minimum Gasteiger partial charge on any atom is -0.452 e. The van der Waals surface area contributed by atoms with Crippen molar-refractivity contribution in [1.82, 2.24) is 14.5 Å². The van der Waals surface area contributed by atoms with Crippen LogP contribution in [0.2, 0.25) is 0 Å². The third kappa shape index (κ3) is 4.92. The van der Waals surface area contributed by atoms with Gasteiger partial charge in [-0.05, 0) is 45.0 Å². The Bertz CT molecular complexity index is 1120. The molecule has 0 amide bonds. The number of aryl methyl sites for hydroxylation is 2. The number of aromatic nitrogens is 2. The van der Waals surface area contributed by atoms with E-state index >= 15 is 0 Å². The molecule has 0 saturated heterocycles. The predicted octanol–water partition coefficient (Wildman–Crippen LogP) is 3.28. The van der Waals surface area contributed by atoms with Gasteiger partial charge in [0.25, 0.3) is 5.89 Å². The Labute approximate surface area is 175 Å². The minimum atomic E-state index is -3.81. The van der Waals surface area contributed by atoms with Crippen LogP contribution in [0.3, 0.4) is 0 Å². The molecule has 0 N–H and O–H groups in total. The van der Waals surface area contributed by atoms with Crippen molar-refractivity contribution in [3.63, 3.8) is 0 Å². The fourth-order valence-corrected chi connectivity index (χ4v) is 3.77. The van der Waals surface area contributed by atoms with Gasteiger partial charge in [-0.15, -0.1) is 10.2 Å². The summed E-state index contributed by atoms with van der Waals surface area (Å²) in [5.41, 5.74) is 2.79. The molecular weight excluding hydrogens is 406 g/mol. The van der Waals surface area contributed by atoms with Crippen molar-refractivity contribution >= 4 is 16.0 Å². The maximum Gasteiger partial charge on any atom is 0.322 e. The molecule has 0 bridgehead atoms. The Balaban J connectivity index is 1.63. The largest absolute Gasteiger partial charge is 0.452 e. The van der Waals surface area contributed by atoms with Crippen LogP contribution in [0.25, 0.3) is 11.5 Å². The molecule has 0 aliphatic carbocycles. The lowest BCUT2D eigenvalue weighted by Crippen LogP contribution is -2.33. The molecule has 30 heavy (non-hydrogen) atoms. The van der Waals surface area contributed by atoms with Gasteiger partial charge in [-0.25, -0.2) is 8.42 Å². The van der Waals surface area contributed by atoms with E-state index in [2.05, 4.69) is 10.2 Å². The molecule has 1 heterocycles. The first-order chi connectivity index (χ1) is 14.2. The summed E-state index contributed by atoms with van der Waals surface area (Å²) in [7, 11) is -2.48. The molecule has 9 heteroatoms. The third-order valence-corrected chi connectivity index (χ3v) is 6.29. The van der Waals surface area contributed by atoms with E-state index in [9.17, 15) is 13.2 Å².